The zero-order valence-corrected chi connectivity index (χ0v) is 14.0. The van der Waals surface area contributed by atoms with Crippen molar-refractivity contribution in [3.8, 4) is 0 Å². The summed E-state index contributed by atoms with van der Waals surface area (Å²) in [5.41, 5.74) is 5.66. The third-order valence-corrected chi connectivity index (χ3v) is 5.95. The first-order valence-corrected chi connectivity index (χ1v) is 9.11. The van der Waals surface area contributed by atoms with Crippen LogP contribution in [0.3, 0.4) is 0 Å². The van der Waals surface area contributed by atoms with Gasteiger partial charge in [-0.25, -0.2) is 4.79 Å². The summed E-state index contributed by atoms with van der Waals surface area (Å²) in [5.74, 6) is 0.855. The van der Waals surface area contributed by atoms with E-state index >= 15 is 0 Å². The van der Waals surface area contributed by atoms with E-state index < -0.39 is 5.97 Å². The van der Waals surface area contributed by atoms with Crippen LogP contribution in [0.25, 0.3) is 0 Å². The third kappa shape index (κ3) is 2.46. The Labute approximate surface area is 147 Å². The number of carbonyl (C=O) groups is 1. The number of benzene rings is 2. The van der Waals surface area contributed by atoms with E-state index in [4.69, 9.17) is 5.11 Å². The molecule has 2 aromatic rings. The Kier molecular flexibility index (Phi) is 3.24. The number of nitrogens with one attached hydrogen (secondary N) is 1. The first-order valence-electron chi connectivity index (χ1n) is 9.11. The summed E-state index contributed by atoms with van der Waals surface area (Å²) in [6.07, 6.45) is 8.38. The molecule has 1 fully saturated rings. The number of carboxylic acids is 1. The number of anilines is 1. The highest BCUT2D eigenvalue weighted by molar-refractivity contribution is 5.87. The zero-order chi connectivity index (χ0) is 17.0. The number of hydrogen-bond donors (Lipinski definition) is 2. The van der Waals surface area contributed by atoms with Crippen LogP contribution in [0.4, 0.5) is 5.69 Å². The van der Waals surface area contributed by atoms with Crippen molar-refractivity contribution in [1.29, 1.82) is 0 Å². The molecule has 3 heteroatoms. The van der Waals surface area contributed by atoms with E-state index in [0.29, 0.717) is 17.4 Å². The van der Waals surface area contributed by atoms with Gasteiger partial charge in [0.2, 0.25) is 0 Å². The summed E-state index contributed by atoms with van der Waals surface area (Å²) in [4.78, 5) is 11.1. The van der Waals surface area contributed by atoms with Gasteiger partial charge in [-0.1, -0.05) is 36.4 Å². The summed E-state index contributed by atoms with van der Waals surface area (Å²) in [7, 11) is 0. The summed E-state index contributed by atoms with van der Waals surface area (Å²) in [6, 6.07) is 14.5. The predicted molar refractivity (Wildman–Crippen MR) is 98.2 cm³/mol. The number of fused-ring (bicyclic) bond motifs is 3. The van der Waals surface area contributed by atoms with Gasteiger partial charge in [0.1, 0.15) is 0 Å². The fraction of sp³-hybridized carbons (Fsp3) is 0.318. The smallest absolute Gasteiger partial charge is 0.335 e. The van der Waals surface area contributed by atoms with Crippen molar-refractivity contribution in [2.75, 3.05) is 5.32 Å². The van der Waals surface area contributed by atoms with E-state index in [0.717, 1.165) is 12.3 Å². The van der Waals surface area contributed by atoms with Crippen LogP contribution in [0, 0.1) is 5.92 Å². The lowest BCUT2D eigenvalue weighted by molar-refractivity contribution is 0.0697. The van der Waals surface area contributed by atoms with Gasteiger partial charge in [0.15, 0.2) is 0 Å². The molecule has 2 aromatic carbocycles. The molecule has 0 spiro atoms. The molecule has 0 aromatic heterocycles. The SMILES string of the molecule is O=C(O)c1ccc(C2Nc3ccc(C4CC4)cc3C3C=CCC32)cc1. The largest absolute Gasteiger partial charge is 0.478 e. The van der Waals surface area contributed by atoms with Gasteiger partial charge in [0, 0.05) is 11.6 Å². The molecule has 3 atom stereocenters. The second kappa shape index (κ2) is 5.48. The van der Waals surface area contributed by atoms with E-state index in [1.54, 1.807) is 12.1 Å². The molecule has 3 aliphatic rings. The van der Waals surface area contributed by atoms with Crippen molar-refractivity contribution in [3.05, 3.63) is 76.9 Å². The molecule has 126 valence electrons. The first kappa shape index (κ1) is 14.8. The van der Waals surface area contributed by atoms with Crippen LogP contribution < -0.4 is 5.32 Å². The summed E-state index contributed by atoms with van der Waals surface area (Å²) in [5, 5.41) is 12.8. The van der Waals surface area contributed by atoms with Gasteiger partial charge < -0.3 is 10.4 Å². The minimum absolute atomic E-state index is 0.224. The van der Waals surface area contributed by atoms with Crippen molar-refractivity contribution in [2.45, 2.75) is 37.1 Å². The van der Waals surface area contributed by atoms with Gasteiger partial charge in [0.25, 0.3) is 0 Å². The van der Waals surface area contributed by atoms with Gasteiger partial charge in [0.05, 0.1) is 11.6 Å². The van der Waals surface area contributed by atoms with Crippen molar-refractivity contribution in [3.63, 3.8) is 0 Å². The van der Waals surface area contributed by atoms with E-state index in [2.05, 4.69) is 35.7 Å². The Morgan fingerprint density at radius 2 is 1.80 bits per heavy atom. The topological polar surface area (TPSA) is 49.3 Å². The number of carboxylic acid groups (broad SMARTS) is 1. The lowest BCUT2D eigenvalue weighted by Crippen LogP contribution is -2.29. The molecular weight excluding hydrogens is 310 g/mol. The fourth-order valence-corrected chi connectivity index (χ4v) is 4.45. The maximum Gasteiger partial charge on any atom is 0.335 e. The van der Waals surface area contributed by atoms with Crippen LogP contribution in [-0.2, 0) is 0 Å². The molecule has 2 aliphatic carbocycles. The van der Waals surface area contributed by atoms with Crippen LogP contribution in [-0.4, -0.2) is 11.1 Å². The Hall–Kier alpha value is -2.55. The molecular formula is C22H21NO2. The standard InChI is InChI=1S/C22H21NO2/c24-22(25)15-8-6-14(7-9-15)21-18-3-1-2-17(18)19-12-16(13-4-5-13)10-11-20(19)23-21/h1-2,6-13,17-18,21,23H,3-5H2,(H,24,25). The van der Waals surface area contributed by atoms with E-state index in [-0.39, 0.29) is 6.04 Å². The van der Waals surface area contributed by atoms with E-state index in [9.17, 15) is 4.79 Å². The van der Waals surface area contributed by atoms with Crippen molar-refractivity contribution in [2.24, 2.45) is 5.92 Å². The lowest BCUT2D eigenvalue weighted by atomic mass is 9.76. The highest BCUT2D eigenvalue weighted by Gasteiger charge is 2.38. The predicted octanol–water partition coefficient (Wildman–Crippen LogP) is 5.09. The Balaban J connectivity index is 1.51. The van der Waals surface area contributed by atoms with Gasteiger partial charge >= 0.3 is 5.97 Å². The van der Waals surface area contributed by atoms with E-state index in [1.165, 1.54) is 35.2 Å². The maximum atomic E-state index is 11.1. The summed E-state index contributed by atoms with van der Waals surface area (Å²) in [6.45, 7) is 0. The average molecular weight is 331 g/mol. The molecule has 3 nitrogen and oxygen atoms in total. The first-order chi connectivity index (χ1) is 12.2. The molecule has 1 heterocycles. The summed E-state index contributed by atoms with van der Waals surface area (Å²) < 4.78 is 0. The Morgan fingerprint density at radius 3 is 2.52 bits per heavy atom. The third-order valence-electron chi connectivity index (χ3n) is 5.95. The Morgan fingerprint density at radius 1 is 1.04 bits per heavy atom. The highest BCUT2D eigenvalue weighted by Crippen LogP contribution is 2.51. The zero-order valence-electron chi connectivity index (χ0n) is 14.0. The normalized spacial score (nSPS) is 26.6. The minimum Gasteiger partial charge on any atom is -0.478 e. The van der Waals surface area contributed by atoms with Gasteiger partial charge in [-0.15, -0.1) is 0 Å². The molecule has 0 amide bonds. The van der Waals surface area contributed by atoms with Crippen molar-refractivity contribution < 1.29 is 9.90 Å². The Bertz CT molecular complexity index is 864. The number of allylic oxidation sites excluding steroid dienone is 2. The van der Waals surface area contributed by atoms with Gasteiger partial charge in [-0.3, -0.25) is 0 Å². The molecule has 25 heavy (non-hydrogen) atoms. The molecule has 5 rings (SSSR count). The van der Waals surface area contributed by atoms with E-state index in [1.807, 2.05) is 12.1 Å². The highest BCUT2D eigenvalue weighted by atomic mass is 16.4. The summed E-state index contributed by atoms with van der Waals surface area (Å²) >= 11 is 0. The molecule has 0 radical (unpaired) electrons. The number of hydrogen-bond acceptors (Lipinski definition) is 2. The second-order valence-corrected chi connectivity index (χ2v) is 7.52. The molecule has 0 saturated heterocycles. The van der Waals surface area contributed by atoms with Crippen molar-refractivity contribution in [1.82, 2.24) is 0 Å². The van der Waals surface area contributed by atoms with Gasteiger partial charge in [-0.05, 0) is 66.0 Å². The maximum absolute atomic E-state index is 11.1. The molecule has 3 unspecified atom stereocenters. The van der Waals surface area contributed by atoms with Crippen LogP contribution in [0.1, 0.15) is 64.2 Å². The fourth-order valence-electron chi connectivity index (χ4n) is 4.45. The van der Waals surface area contributed by atoms with Crippen LogP contribution >= 0.6 is 0 Å². The quantitative estimate of drug-likeness (QED) is 0.770. The van der Waals surface area contributed by atoms with Crippen LogP contribution in [0.15, 0.2) is 54.6 Å². The number of rotatable bonds is 3. The molecule has 1 saturated carbocycles. The lowest BCUT2D eigenvalue weighted by Gasteiger charge is -2.38. The molecule has 0 bridgehead atoms. The molecule has 1 aliphatic heterocycles. The van der Waals surface area contributed by atoms with Crippen molar-refractivity contribution >= 4 is 11.7 Å². The van der Waals surface area contributed by atoms with Crippen LogP contribution in [0.2, 0.25) is 0 Å². The van der Waals surface area contributed by atoms with Gasteiger partial charge in [-0.2, -0.15) is 0 Å². The minimum atomic E-state index is -0.874. The second-order valence-electron chi connectivity index (χ2n) is 7.52. The number of aromatic carboxylic acids is 1. The average Bonchev–Trinajstić information content (AvgIpc) is 3.37. The molecule has 2 N–H and O–H groups in total. The monoisotopic (exact) mass is 331 g/mol. The van der Waals surface area contributed by atoms with Crippen LogP contribution in [0.5, 0.6) is 0 Å².